The molecular formula is C23H19F6O3P. The molecule has 0 N–H and O–H groups in total. The monoisotopic (exact) mass is 488 g/mol. The van der Waals surface area contributed by atoms with Gasteiger partial charge in [0.15, 0.2) is 0 Å². The number of alkyl halides is 6. The van der Waals surface area contributed by atoms with Crippen molar-refractivity contribution >= 4 is 7.60 Å². The highest BCUT2D eigenvalue weighted by Gasteiger charge is 2.34. The molecule has 0 aliphatic carbocycles. The second kappa shape index (κ2) is 9.91. The van der Waals surface area contributed by atoms with Gasteiger partial charge in [-0.2, -0.15) is 26.3 Å². The number of aryl methyl sites for hydroxylation is 1. The van der Waals surface area contributed by atoms with Crippen LogP contribution in [0.2, 0.25) is 0 Å². The van der Waals surface area contributed by atoms with Gasteiger partial charge in [0.05, 0.1) is 17.3 Å². The molecule has 0 fully saturated rings. The molecule has 0 bridgehead atoms. The van der Waals surface area contributed by atoms with Crippen molar-refractivity contribution in [1.82, 2.24) is 0 Å². The van der Waals surface area contributed by atoms with E-state index in [9.17, 15) is 30.9 Å². The highest BCUT2D eigenvalue weighted by Crippen LogP contribution is 2.50. The van der Waals surface area contributed by atoms with Crippen LogP contribution in [-0.4, -0.2) is 6.16 Å². The molecule has 3 nitrogen and oxygen atoms in total. The Kier molecular flexibility index (Phi) is 7.42. The smallest absolute Gasteiger partial charge is 0.416 e. The Morgan fingerprint density at radius 2 is 1.15 bits per heavy atom. The number of halogens is 6. The van der Waals surface area contributed by atoms with Crippen LogP contribution in [0.1, 0.15) is 23.1 Å². The lowest BCUT2D eigenvalue weighted by Crippen LogP contribution is -2.09. The first-order valence-corrected chi connectivity index (χ1v) is 11.5. The third-order valence-electron chi connectivity index (χ3n) is 4.55. The molecule has 176 valence electrons. The van der Waals surface area contributed by atoms with E-state index in [-0.39, 0.29) is 24.1 Å². The van der Waals surface area contributed by atoms with Crippen LogP contribution in [0, 0.1) is 0 Å². The third-order valence-corrected chi connectivity index (χ3v) is 6.39. The summed E-state index contributed by atoms with van der Waals surface area (Å²) >= 11 is 0. The van der Waals surface area contributed by atoms with Crippen molar-refractivity contribution in [3.8, 4) is 11.5 Å². The van der Waals surface area contributed by atoms with Crippen molar-refractivity contribution < 1.29 is 40.0 Å². The summed E-state index contributed by atoms with van der Waals surface area (Å²) in [6.45, 7) is 0. The summed E-state index contributed by atoms with van der Waals surface area (Å²) in [6, 6.07) is 16.6. The molecule has 0 aromatic heterocycles. The van der Waals surface area contributed by atoms with Crippen molar-refractivity contribution in [2.75, 3.05) is 6.16 Å². The van der Waals surface area contributed by atoms with Crippen molar-refractivity contribution in [1.29, 1.82) is 0 Å². The lowest BCUT2D eigenvalue weighted by molar-refractivity contribution is -0.138. The van der Waals surface area contributed by atoms with E-state index in [1.54, 1.807) is 0 Å². The Morgan fingerprint density at radius 1 is 0.667 bits per heavy atom. The van der Waals surface area contributed by atoms with Gasteiger partial charge in [-0.1, -0.05) is 42.5 Å². The zero-order chi connectivity index (χ0) is 24.1. The average Bonchev–Trinajstić information content (AvgIpc) is 2.73. The first kappa shape index (κ1) is 24.7. The van der Waals surface area contributed by atoms with Crippen LogP contribution in [0.4, 0.5) is 26.3 Å². The van der Waals surface area contributed by atoms with Crippen molar-refractivity contribution in [3.63, 3.8) is 0 Å². The van der Waals surface area contributed by atoms with Crippen LogP contribution in [-0.2, 0) is 23.3 Å². The highest BCUT2D eigenvalue weighted by molar-refractivity contribution is 7.54. The first-order valence-electron chi connectivity index (χ1n) is 9.81. The quantitative estimate of drug-likeness (QED) is 0.238. The van der Waals surface area contributed by atoms with Gasteiger partial charge in [-0.3, -0.25) is 0 Å². The van der Waals surface area contributed by atoms with Crippen molar-refractivity contribution in [2.45, 2.75) is 25.2 Å². The van der Waals surface area contributed by atoms with Gasteiger partial charge >= 0.3 is 19.9 Å². The standard InChI is InChI=1S/C23H19F6O3P/c24-22(25,26)18-10-4-12-20(15-18)31-33(30,14-6-9-17-7-2-1-3-8-17)32-21-13-5-11-19(16-21)23(27,28)29/h1-5,7-8,10-13,15-16H,6,9,14H2. The summed E-state index contributed by atoms with van der Waals surface area (Å²) < 4.78 is 102. The summed E-state index contributed by atoms with van der Waals surface area (Å²) in [5.41, 5.74) is -1.12. The topological polar surface area (TPSA) is 35.5 Å². The summed E-state index contributed by atoms with van der Waals surface area (Å²) in [5, 5.41) is 0. The maximum absolute atomic E-state index is 13.5. The second-order valence-electron chi connectivity index (χ2n) is 7.16. The summed E-state index contributed by atoms with van der Waals surface area (Å²) in [7, 11) is -4.18. The highest BCUT2D eigenvalue weighted by atomic mass is 31.2. The maximum atomic E-state index is 13.5. The van der Waals surface area contributed by atoms with Crippen molar-refractivity contribution in [3.05, 3.63) is 95.6 Å². The van der Waals surface area contributed by atoms with E-state index in [1.807, 2.05) is 30.3 Å². The van der Waals surface area contributed by atoms with Gasteiger partial charge in [0.1, 0.15) is 11.5 Å². The van der Waals surface area contributed by atoms with Gasteiger partial charge in [0.2, 0.25) is 0 Å². The van der Waals surface area contributed by atoms with E-state index in [0.717, 1.165) is 29.8 Å². The van der Waals surface area contributed by atoms with Crippen LogP contribution in [0.15, 0.2) is 78.9 Å². The molecule has 33 heavy (non-hydrogen) atoms. The fourth-order valence-corrected chi connectivity index (χ4v) is 4.65. The molecule has 0 unspecified atom stereocenters. The number of hydrogen-bond acceptors (Lipinski definition) is 3. The minimum Gasteiger partial charge on any atom is -0.416 e. The van der Waals surface area contributed by atoms with Crippen LogP contribution < -0.4 is 9.05 Å². The van der Waals surface area contributed by atoms with Gasteiger partial charge in [-0.15, -0.1) is 0 Å². The zero-order valence-electron chi connectivity index (χ0n) is 17.1. The number of hydrogen-bond donors (Lipinski definition) is 0. The van der Waals surface area contributed by atoms with Gasteiger partial charge in [-0.25, -0.2) is 4.57 Å². The molecule has 10 heteroatoms. The van der Waals surface area contributed by atoms with E-state index >= 15 is 0 Å². The van der Waals surface area contributed by atoms with Crippen LogP contribution in [0.25, 0.3) is 0 Å². The van der Waals surface area contributed by atoms with E-state index in [1.165, 1.54) is 12.1 Å². The molecule has 0 radical (unpaired) electrons. The fourth-order valence-electron chi connectivity index (χ4n) is 3.01. The third kappa shape index (κ3) is 7.29. The van der Waals surface area contributed by atoms with E-state index in [4.69, 9.17) is 9.05 Å². The molecule has 0 amide bonds. The second-order valence-corrected chi connectivity index (χ2v) is 9.19. The molecule has 0 aliphatic rings. The normalized spacial score (nSPS) is 12.4. The Balaban J connectivity index is 1.85. The van der Waals surface area contributed by atoms with Crippen LogP contribution in [0.5, 0.6) is 11.5 Å². The molecule has 0 saturated carbocycles. The molecule has 0 atom stereocenters. The Labute approximate surface area is 186 Å². The largest absolute Gasteiger partial charge is 0.430 e. The number of benzene rings is 3. The SMILES string of the molecule is O=P(CCCc1ccccc1)(Oc1cccc(C(F)(F)F)c1)Oc1cccc(C(F)(F)F)c1. The molecule has 0 heterocycles. The van der Waals surface area contributed by atoms with E-state index < -0.39 is 31.1 Å². The molecule has 0 spiro atoms. The van der Waals surface area contributed by atoms with E-state index in [2.05, 4.69) is 0 Å². The average molecular weight is 488 g/mol. The maximum Gasteiger partial charge on any atom is 0.430 e. The van der Waals surface area contributed by atoms with Gasteiger partial charge < -0.3 is 9.05 Å². The Bertz CT molecular complexity index is 1050. The van der Waals surface area contributed by atoms with Gasteiger partial charge in [0, 0.05) is 0 Å². The lowest BCUT2D eigenvalue weighted by atomic mass is 10.1. The van der Waals surface area contributed by atoms with Crippen LogP contribution >= 0.6 is 7.60 Å². The van der Waals surface area contributed by atoms with Crippen molar-refractivity contribution in [2.24, 2.45) is 0 Å². The summed E-state index contributed by atoms with van der Waals surface area (Å²) in [6.07, 6.45) is -8.81. The van der Waals surface area contributed by atoms with E-state index in [0.29, 0.717) is 18.6 Å². The minimum absolute atomic E-state index is 0.228. The zero-order valence-corrected chi connectivity index (χ0v) is 18.0. The van der Waals surface area contributed by atoms with Gasteiger partial charge in [-0.05, 0) is 54.8 Å². The Hall–Kier alpha value is -2.93. The molecule has 3 aromatic rings. The summed E-state index contributed by atoms with van der Waals surface area (Å²) in [5.74, 6) is -0.723. The summed E-state index contributed by atoms with van der Waals surface area (Å²) in [4.78, 5) is 0. The Morgan fingerprint density at radius 3 is 1.61 bits per heavy atom. The molecule has 3 aromatic carbocycles. The lowest BCUT2D eigenvalue weighted by Gasteiger charge is -2.21. The molecular weight excluding hydrogens is 469 g/mol. The molecule has 3 rings (SSSR count). The fraction of sp³-hybridized carbons (Fsp3) is 0.217. The molecule has 0 saturated heterocycles. The van der Waals surface area contributed by atoms with Gasteiger partial charge in [0.25, 0.3) is 0 Å². The predicted molar refractivity (Wildman–Crippen MR) is 111 cm³/mol. The predicted octanol–water partition coefficient (Wildman–Crippen LogP) is 8.01. The molecule has 0 aliphatic heterocycles. The van der Waals surface area contributed by atoms with Crippen LogP contribution in [0.3, 0.4) is 0 Å². The number of rotatable bonds is 8. The first-order chi connectivity index (χ1) is 15.4. The minimum atomic E-state index is -4.65.